The van der Waals surface area contributed by atoms with Gasteiger partial charge in [-0.1, -0.05) is 12.1 Å². The summed E-state index contributed by atoms with van der Waals surface area (Å²) in [4.78, 5) is 9.62. The van der Waals surface area contributed by atoms with Gasteiger partial charge in [-0.3, -0.25) is 0 Å². The van der Waals surface area contributed by atoms with Crippen molar-refractivity contribution < 1.29 is 18.3 Å². The molecule has 0 aromatic heterocycles. The predicted octanol–water partition coefficient (Wildman–Crippen LogP) is 2.06. The predicted molar refractivity (Wildman–Crippen MR) is 47.0 cm³/mol. The van der Waals surface area contributed by atoms with E-state index in [4.69, 9.17) is 0 Å². The Morgan fingerprint density at radius 1 is 1.36 bits per heavy atom. The number of ether oxygens (including phenoxy) is 1. The van der Waals surface area contributed by atoms with Crippen molar-refractivity contribution in [1.82, 2.24) is 0 Å². The molecule has 14 heavy (non-hydrogen) atoms. The van der Waals surface area contributed by atoms with Crippen LogP contribution in [0.3, 0.4) is 0 Å². The number of hydrogen-bond donors (Lipinski definition) is 0. The Morgan fingerprint density at radius 3 is 2.79 bits per heavy atom. The second-order valence-electron chi connectivity index (χ2n) is 2.47. The van der Waals surface area contributed by atoms with Crippen LogP contribution in [0, 0.1) is 11.6 Å². The molecule has 0 aliphatic heterocycles. The van der Waals surface area contributed by atoms with E-state index in [0.717, 1.165) is 12.1 Å². The number of halogens is 2. The first-order chi connectivity index (χ1) is 6.74. The molecule has 0 saturated carbocycles. The molecule has 0 saturated heterocycles. The maximum Gasteiger partial charge on any atom is 0.417 e. The van der Waals surface area contributed by atoms with Gasteiger partial charge in [0, 0.05) is 0 Å². The molecule has 1 rings (SSSR count). The highest BCUT2D eigenvalue weighted by atomic mass is 19.2. The zero-order chi connectivity index (χ0) is 10.4. The Hall–Kier alpha value is -1.71. The highest BCUT2D eigenvalue weighted by Crippen LogP contribution is 2.09. The van der Waals surface area contributed by atoms with Crippen LogP contribution in [0.15, 0.2) is 24.3 Å². The van der Waals surface area contributed by atoms with Gasteiger partial charge in [0.2, 0.25) is 0 Å². The van der Waals surface area contributed by atoms with Gasteiger partial charge < -0.3 is 4.74 Å². The van der Waals surface area contributed by atoms with Crippen molar-refractivity contribution in [3.05, 3.63) is 41.5 Å². The number of rotatable bonds is 4. The van der Waals surface area contributed by atoms with Crippen LogP contribution >= 0.6 is 0 Å². The lowest BCUT2D eigenvalue weighted by Crippen LogP contribution is -1.86. The zero-order valence-electron chi connectivity index (χ0n) is 7.17. The van der Waals surface area contributed by atoms with Gasteiger partial charge in [0.05, 0.1) is 0 Å². The topological polar surface area (TPSA) is 26.3 Å². The largest absolute Gasteiger partial charge is 0.453 e. The summed E-state index contributed by atoms with van der Waals surface area (Å²) in [5.74, 6) is -1.80. The normalized spacial score (nSPS) is 10.4. The fraction of sp³-hybridized carbons (Fsp3) is 0.100. The zero-order valence-corrected chi connectivity index (χ0v) is 7.17. The maximum atomic E-state index is 12.7. The van der Waals surface area contributed by atoms with Gasteiger partial charge in [-0.2, -0.15) is 0 Å². The molecular formula is C10H7F2O2. The van der Waals surface area contributed by atoms with Crippen molar-refractivity contribution in [3.63, 3.8) is 0 Å². The third-order valence-electron chi connectivity index (χ3n) is 1.49. The van der Waals surface area contributed by atoms with Crippen LogP contribution in [-0.2, 0) is 9.53 Å². The lowest BCUT2D eigenvalue weighted by Gasteiger charge is -1.95. The van der Waals surface area contributed by atoms with Crippen LogP contribution in [0.5, 0.6) is 0 Å². The van der Waals surface area contributed by atoms with Crippen LogP contribution < -0.4 is 0 Å². The molecule has 73 valence electrons. The fourth-order valence-corrected chi connectivity index (χ4v) is 0.882. The Bertz CT molecular complexity index is 348. The van der Waals surface area contributed by atoms with E-state index in [1.807, 2.05) is 0 Å². The van der Waals surface area contributed by atoms with Crippen LogP contribution in [0.1, 0.15) is 5.56 Å². The number of benzene rings is 1. The Morgan fingerprint density at radius 2 is 2.14 bits per heavy atom. The average molecular weight is 197 g/mol. The van der Waals surface area contributed by atoms with E-state index in [0.29, 0.717) is 5.56 Å². The van der Waals surface area contributed by atoms with Crippen LogP contribution in [-0.4, -0.2) is 13.1 Å². The molecule has 4 heteroatoms. The standard InChI is InChI=1S/C10H7F2O2/c11-9-4-3-8(6-10(9)12)2-1-5-14-7-13/h1-4,6H,5H2/b2-1+. The lowest BCUT2D eigenvalue weighted by molar-refractivity contribution is 0.314. The quantitative estimate of drug-likeness (QED) is 0.690. The third kappa shape index (κ3) is 2.97. The molecule has 0 fully saturated rings. The summed E-state index contributed by atoms with van der Waals surface area (Å²) in [7, 11) is 0. The third-order valence-corrected chi connectivity index (χ3v) is 1.49. The summed E-state index contributed by atoms with van der Waals surface area (Å²) >= 11 is 0. The van der Waals surface area contributed by atoms with E-state index in [2.05, 4.69) is 4.74 Å². The van der Waals surface area contributed by atoms with Gasteiger partial charge in [-0.15, -0.1) is 0 Å². The molecule has 2 nitrogen and oxygen atoms in total. The minimum Gasteiger partial charge on any atom is -0.453 e. The van der Waals surface area contributed by atoms with Gasteiger partial charge >= 0.3 is 6.47 Å². The van der Waals surface area contributed by atoms with Crippen molar-refractivity contribution >= 4 is 12.5 Å². The Labute approximate surface area is 79.8 Å². The molecule has 0 aliphatic rings. The number of carbonyl (C=O) groups excluding carboxylic acids is 1. The molecule has 0 spiro atoms. The van der Waals surface area contributed by atoms with E-state index in [1.165, 1.54) is 24.7 Å². The maximum absolute atomic E-state index is 12.7. The molecular weight excluding hydrogens is 190 g/mol. The summed E-state index contributed by atoms with van der Waals surface area (Å²) in [6.07, 6.45) is 3.01. The summed E-state index contributed by atoms with van der Waals surface area (Å²) in [5, 5.41) is 0. The minimum absolute atomic E-state index is 0.0580. The first-order valence-corrected chi connectivity index (χ1v) is 3.84. The van der Waals surface area contributed by atoms with Crippen molar-refractivity contribution in [3.8, 4) is 0 Å². The molecule has 1 aromatic rings. The monoisotopic (exact) mass is 197 g/mol. The molecule has 0 heterocycles. The molecule has 0 bridgehead atoms. The molecule has 1 aromatic carbocycles. The van der Waals surface area contributed by atoms with E-state index in [1.54, 1.807) is 0 Å². The smallest absolute Gasteiger partial charge is 0.417 e. The summed E-state index contributed by atoms with van der Waals surface area (Å²) in [5.41, 5.74) is 0.499. The number of hydrogen-bond acceptors (Lipinski definition) is 2. The van der Waals surface area contributed by atoms with E-state index < -0.39 is 11.6 Å². The highest BCUT2D eigenvalue weighted by Gasteiger charge is 1.99. The fourth-order valence-electron chi connectivity index (χ4n) is 0.882. The van der Waals surface area contributed by atoms with Gasteiger partial charge in [-0.05, 0) is 23.8 Å². The van der Waals surface area contributed by atoms with Crippen molar-refractivity contribution in [1.29, 1.82) is 0 Å². The molecule has 0 aliphatic carbocycles. The van der Waals surface area contributed by atoms with Gasteiger partial charge in [-0.25, -0.2) is 13.6 Å². The molecule has 0 amide bonds. The van der Waals surface area contributed by atoms with Gasteiger partial charge in [0.25, 0.3) is 0 Å². The summed E-state index contributed by atoms with van der Waals surface area (Å²) in [6.45, 7) is 1.30. The van der Waals surface area contributed by atoms with Crippen molar-refractivity contribution in [2.75, 3.05) is 6.61 Å². The highest BCUT2D eigenvalue weighted by molar-refractivity contribution is 5.49. The SMILES string of the molecule is O=[C]OC/C=C/c1ccc(F)c(F)c1. The summed E-state index contributed by atoms with van der Waals surface area (Å²) in [6, 6.07) is 3.50. The van der Waals surface area contributed by atoms with Crippen molar-refractivity contribution in [2.45, 2.75) is 0 Å². The second-order valence-corrected chi connectivity index (χ2v) is 2.47. The van der Waals surface area contributed by atoms with E-state index in [9.17, 15) is 13.6 Å². The molecule has 1 radical (unpaired) electrons. The Kier molecular flexibility index (Phi) is 3.79. The van der Waals surface area contributed by atoms with Crippen LogP contribution in [0.25, 0.3) is 6.08 Å². The van der Waals surface area contributed by atoms with Crippen LogP contribution in [0.2, 0.25) is 0 Å². The lowest BCUT2D eigenvalue weighted by atomic mass is 10.2. The molecule has 0 unspecified atom stereocenters. The van der Waals surface area contributed by atoms with E-state index in [-0.39, 0.29) is 6.61 Å². The summed E-state index contributed by atoms with van der Waals surface area (Å²) < 4.78 is 29.4. The Balaban J connectivity index is 2.63. The van der Waals surface area contributed by atoms with Crippen molar-refractivity contribution in [2.24, 2.45) is 0 Å². The van der Waals surface area contributed by atoms with Crippen LogP contribution in [0.4, 0.5) is 8.78 Å². The van der Waals surface area contributed by atoms with Gasteiger partial charge in [0.1, 0.15) is 6.61 Å². The first-order valence-electron chi connectivity index (χ1n) is 3.84. The van der Waals surface area contributed by atoms with E-state index >= 15 is 0 Å². The first kappa shape index (κ1) is 10.4. The molecule has 0 N–H and O–H groups in total. The average Bonchev–Trinajstić information content (AvgIpc) is 2.18. The second kappa shape index (κ2) is 5.11. The minimum atomic E-state index is -0.907. The van der Waals surface area contributed by atoms with Gasteiger partial charge in [0.15, 0.2) is 11.6 Å². The molecule has 0 atom stereocenters.